The molecule has 2 heterocycles. The first kappa shape index (κ1) is 12.4. The summed E-state index contributed by atoms with van der Waals surface area (Å²) in [6.45, 7) is 9.32. The van der Waals surface area contributed by atoms with Gasteiger partial charge in [-0.05, 0) is 45.1 Å². The molecule has 2 aliphatic rings. The number of fused-ring (bicyclic) bond motifs is 2. The average Bonchev–Trinajstić information content (AvgIpc) is 2.41. The minimum atomic E-state index is 0.377. The molecule has 2 bridgehead atoms. The average molecular weight is 224 g/mol. The highest BCUT2D eigenvalue weighted by Crippen LogP contribution is 2.35. The summed E-state index contributed by atoms with van der Waals surface area (Å²) in [7, 11) is 2.31. The van der Waals surface area contributed by atoms with Crippen LogP contribution in [-0.4, -0.2) is 36.1 Å². The van der Waals surface area contributed by atoms with Gasteiger partial charge in [0, 0.05) is 24.2 Å². The lowest BCUT2D eigenvalue weighted by Gasteiger charge is -2.40. The number of rotatable bonds is 2. The monoisotopic (exact) mass is 224 g/mol. The van der Waals surface area contributed by atoms with E-state index in [4.69, 9.17) is 0 Å². The molecule has 0 aromatic rings. The second-order valence-corrected chi connectivity index (χ2v) is 6.97. The van der Waals surface area contributed by atoms with Crippen LogP contribution in [0.5, 0.6) is 0 Å². The van der Waals surface area contributed by atoms with Crippen molar-refractivity contribution in [2.24, 2.45) is 5.41 Å². The molecule has 3 unspecified atom stereocenters. The number of nitrogens with one attached hydrogen (secondary N) is 1. The molecule has 2 nitrogen and oxygen atoms in total. The van der Waals surface area contributed by atoms with Gasteiger partial charge in [0.05, 0.1) is 0 Å². The van der Waals surface area contributed by atoms with Gasteiger partial charge in [0.1, 0.15) is 0 Å². The van der Waals surface area contributed by atoms with Gasteiger partial charge < -0.3 is 10.2 Å². The molecule has 2 fully saturated rings. The Balaban J connectivity index is 1.89. The van der Waals surface area contributed by atoms with Crippen molar-refractivity contribution in [3.8, 4) is 0 Å². The molecule has 2 heteroatoms. The Morgan fingerprint density at radius 2 is 1.62 bits per heavy atom. The van der Waals surface area contributed by atoms with Crippen LogP contribution < -0.4 is 5.32 Å². The van der Waals surface area contributed by atoms with Gasteiger partial charge in [0.2, 0.25) is 0 Å². The molecule has 0 aromatic heterocycles. The molecule has 0 aliphatic carbocycles. The van der Waals surface area contributed by atoms with E-state index < -0.39 is 0 Å². The standard InChI is InChI=1S/C14H28N2/c1-10(14(2,3)4)15-11-8-12-6-7-13(9-11)16(12)5/h10-13,15H,6-9H2,1-5H3. The van der Waals surface area contributed by atoms with E-state index in [0.717, 1.165) is 18.1 Å². The van der Waals surface area contributed by atoms with Crippen LogP contribution >= 0.6 is 0 Å². The quantitative estimate of drug-likeness (QED) is 0.776. The van der Waals surface area contributed by atoms with E-state index in [1.807, 2.05) is 0 Å². The van der Waals surface area contributed by atoms with Crippen LogP contribution in [0.2, 0.25) is 0 Å². The summed E-state index contributed by atoms with van der Waals surface area (Å²) in [6.07, 6.45) is 5.55. The van der Waals surface area contributed by atoms with Crippen molar-refractivity contribution in [2.45, 2.75) is 77.5 Å². The van der Waals surface area contributed by atoms with Crippen LogP contribution in [0.4, 0.5) is 0 Å². The maximum atomic E-state index is 3.85. The summed E-state index contributed by atoms with van der Waals surface area (Å²) in [4.78, 5) is 2.61. The van der Waals surface area contributed by atoms with Gasteiger partial charge in [-0.25, -0.2) is 0 Å². The van der Waals surface area contributed by atoms with E-state index >= 15 is 0 Å². The van der Waals surface area contributed by atoms with E-state index in [2.05, 4.69) is 45.0 Å². The largest absolute Gasteiger partial charge is 0.311 e. The smallest absolute Gasteiger partial charge is 0.0111 e. The van der Waals surface area contributed by atoms with Crippen molar-refractivity contribution >= 4 is 0 Å². The summed E-state index contributed by atoms with van der Waals surface area (Å²) >= 11 is 0. The van der Waals surface area contributed by atoms with Crippen molar-refractivity contribution in [3.05, 3.63) is 0 Å². The number of piperidine rings is 1. The Kier molecular flexibility index (Phi) is 3.33. The van der Waals surface area contributed by atoms with Gasteiger partial charge in [-0.15, -0.1) is 0 Å². The number of hydrogen-bond donors (Lipinski definition) is 1. The minimum Gasteiger partial charge on any atom is -0.311 e. The van der Waals surface area contributed by atoms with E-state index in [1.165, 1.54) is 25.7 Å². The molecule has 1 N–H and O–H groups in total. The third-order valence-electron chi connectivity index (χ3n) is 4.88. The molecule has 3 atom stereocenters. The minimum absolute atomic E-state index is 0.377. The lowest BCUT2D eigenvalue weighted by atomic mass is 9.86. The maximum absolute atomic E-state index is 3.85. The Hall–Kier alpha value is -0.0800. The summed E-state index contributed by atoms with van der Waals surface area (Å²) in [5.41, 5.74) is 0.377. The highest BCUT2D eigenvalue weighted by molar-refractivity contribution is 4.97. The molecule has 0 saturated carbocycles. The first-order valence-electron chi connectivity index (χ1n) is 6.86. The maximum Gasteiger partial charge on any atom is 0.0111 e. The van der Waals surface area contributed by atoms with Gasteiger partial charge in [0.25, 0.3) is 0 Å². The predicted octanol–water partition coefficient (Wildman–Crippen LogP) is 2.64. The normalized spacial score (nSPS) is 37.7. The number of nitrogens with zero attached hydrogens (tertiary/aromatic N) is 1. The molecule has 2 aliphatic heterocycles. The summed E-state index contributed by atoms with van der Waals surface area (Å²) < 4.78 is 0. The lowest BCUT2D eigenvalue weighted by Crippen LogP contribution is -2.51. The van der Waals surface area contributed by atoms with Crippen LogP contribution in [0.15, 0.2) is 0 Å². The van der Waals surface area contributed by atoms with Gasteiger partial charge in [-0.1, -0.05) is 20.8 Å². The highest BCUT2D eigenvalue weighted by atomic mass is 15.2. The zero-order valence-corrected chi connectivity index (χ0v) is 11.6. The van der Waals surface area contributed by atoms with Crippen LogP contribution in [-0.2, 0) is 0 Å². The molecular weight excluding hydrogens is 196 g/mol. The van der Waals surface area contributed by atoms with E-state index in [-0.39, 0.29) is 0 Å². The van der Waals surface area contributed by atoms with Crippen molar-refractivity contribution in [1.29, 1.82) is 0 Å². The van der Waals surface area contributed by atoms with Crippen LogP contribution in [0.3, 0.4) is 0 Å². The Morgan fingerprint density at radius 1 is 1.12 bits per heavy atom. The van der Waals surface area contributed by atoms with Gasteiger partial charge in [-0.2, -0.15) is 0 Å². The molecule has 0 aromatic carbocycles. The molecule has 16 heavy (non-hydrogen) atoms. The first-order chi connectivity index (χ1) is 7.38. The fourth-order valence-electron chi connectivity index (χ4n) is 3.15. The predicted molar refractivity (Wildman–Crippen MR) is 69.6 cm³/mol. The highest BCUT2D eigenvalue weighted by Gasteiger charge is 2.39. The van der Waals surface area contributed by atoms with Crippen molar-refractivity contribution < 1.29 is 0 Å². The molecule has 94 valence electrons. The molecule has 0 amide bonds. The first-order valence-corrected chi connectivity index (χ1v) is 6.86. The zero-order valence-electron chi connectivity index (χ0n) is 11.6. The second-order valence-electron chi connectivity index (χ2n) is 6.97. The third kappa shape index (κ3) is 2.43. The molecular formula is C14H28N2. The van der Waals surface area contributed by atoms with Gasteiger partial charge in [0.15, 0.2) is 0 Å². The Labute approximate surface area is 101 Å². The summed E-state index contributed by atoms with van der Waals surface area (Å²) in [5.74, 6) is 0. The van der Waals surface area contributed by atoms with E-state index in [1.54, 1.807) is 0 Å². The molecule has 2 saturated heterocycles. The Morgan fingerprint density at radius 3 is 2.06 bits per heavy atom. The summed E-state index contributed by atoms with van der Waals surface area (Å²) in [6, 6.07) is 3.06. The number of hydrogen-bond acceptors (Lipinski definition) is 2. The molecule has 2 rings (SSSR count). The van der Waals surface area contributed by atoms with Gasteiger partial charge >= 0.3 is 0 Å². The van der Waals surface area contributed by atoms with Gasteiger partial charge in [-0.3, -0.25) is 0 Å². The van der Waals surface area contributed by atoms with Crippen LogP contribution in [0.1, 0.15) is 53.4 Å². The van der Waals surface area contributed by atoms with Crippen molar-refractivity contribution in [2.75, 3.05) is 7.05 Å². The third-order valence-corrected chi connectivity index (χ3v) is 4.88. The zero-order chi connectivity index (χ0) is 11.9. The second kappa shape index (κ2) is 4.30. The molecule has 0 spiro atoms. The topological polar surface area (TPSA) is 15.3 Å². The Bertz CT molecular complexity index is 230. The fraction of sp³-hybridized carbons (Fsp3) is 1.00. The molecule has 0 radical (unpaired) electrons. The van der Waals surface area contributed by atoms with Crippen LogP contribution in [0, 0.1) is 5.41 Å². The van der Waals surface area contributed by atoms with E-state index in [0.29, 0.717) is 11.5 Å². The summed E-state index contributed by atoms with van der Waals surface area (Å²) in [5, 5.41) is 3.85. The SMILES string of the molecule is CC(NC1CC2CCC(C1)N2C)C(C)(C)C. The lowest BCUT2D eigenvalue weighted by molar-refractivity contribution is 0.131. The van der Waals surface area contributed by atoms with Crippen molar-refractivity contribution in [1.82, 2.24) is 10.2 Å². The fourth-order valence-corrected chi connectivity index (χ4v) is 3.15. The van der Waals surface area contributed by atoms with Crippen molar-refractivity contribution in [3.63, 3.8) is 0 Å². The van der Waals surface area contributed by atoms with E-state index in [9.17, 15) is 0 Å². The van der Waals surface area contributed by atoms with Crippen LogP contribution in [0.25, 0.3) is 0 Å².